The lowest BCUT2D eigenvalue weighted by molar-refractivity contribution is -0.384. The van der Waals surface area contributed by atoms with Gasteiger partial charge in [0.25, 0.3) is 5.69 Å². The van der Waals surface area contributed by atoms with E-state index in [9.17, 15) is 20.0 Å². The Labute approximate surface area is 188 Å². The summed E-state index contributed by atoms with van der Waals surface area (Å²) in [4.78, 5) is 28.8. The summed E-state index contributed by atoms with van der Waals surface area (Å²) in [6.07, 6.45) is 0. The molecular weight excluding hydrogens is 422 g/mol. The molecule has 3 aromatic carbocycles. The Morgan fingerprint density at radius 1 is 0.939 bits per heavy atom. The van der Waals surface area contributed by atoms with E-state index >= 15 is 0 Å². The first kappa shape index (κ1) is 21.6. The van der Waals surface area contributed by atoms with Gasteiger partial charge in [0.15, 0.2) is 0 Å². The molecule has 9 nitrogen and oxygen atoms in total. The van der Waals surface area contributed by atoms with Crippen molar-refractivity contribution in [3.05, 3.63) is 88.5 Å². The number of non-ortho nitro benzene ring substituents is 1. The number of hydrogen-bond acceptors (Lipinski definition) is 7. The number of nitrogens with zero attached hydrogens (tertiary/aromatic N) is 5. The van der Waals surface area contributed by atoms with Gasteiger partial charge in [0, 0.05) is 42.9 Å². The van der Waals surface area contributed by atoms with Crippen LogP contribution in [-0.2, 0) is 0 Å². The third kappa shape index (κ3) is 4.67. The predicted octanol–water partition coefficient (Wildman–Crippen LogP) is 5.99. The molecule has 0 atom stereocenters. The zero-order valence-corrected chi connectivity index (χ0v) is 17.8. The number of carboxylic acids is 1. The van der Waals surface area contributed by atoms with Crippen LogP contribution in [0.3, 0.4) is 0 Å². The summed E-state index contributed by atoms with van der Waals surface area (Å²) < 4.78 is 0. The van der Waals surface area contributed by atoms with Crippen LogP contribution in [0.15, 0.2) is 83.0 Å². The van der Waals surface area contributed by atoms with E-state index in [1.54, 1.807) is 24.3 Å². The minimum absolute atomic E-state index is 0.0522. The Morgan fingerprint density at radius 2 is 1.55 bits per heavy atom. The van der Waals surface area contributed by atoms with E-state index < -0.39 is 10.9 Å². The number of aromatic carboxylic acids is 1. The number of carbonyl (C=O) groups is 1. The van der Waals surface area contributed by atoms with Crippen LogP contribution in [0.25, 0.3) is 22.2 Å². The summed E-state index contributed by atoms with van der Waals surface area (Å²) in [6.45, 7) is 0. The number of fused-ring (bicyclic) bond motifs is 1. The highest BCUT2D eigenvalue weighted by Gasteiger charge is 2.16. The molecule has 164 valence electrons. The first-order valence-corrected chi connectivity index (χ1v) is 9.94. The van der Waals surface area contributed by atoms with Gasteiger partial charge in [0.05, 0.1) is 33.1 Å². The number of hydrogen-bond donors (Lipinski definition) is 1. The van der Waals surface area contributed by atoms with E-state index in [1.165, 1.54) is 24.3 Å². The second-order valence-corrected chi connectivity index (χ2v) is 7.48. The number of azo groups is 1. The standard InChI is InChI=1S/C24H19N5O4/c1-28(2)18-9-7-17(8-10-18)27-26-16-5-3-15(4-6-16)23-14-21(24(30)31)20-13-19(29(32)33)11-12-22(20)25-23/h3-14H,1-2H3,(H,30,31). The SMILES string of the molecule is CN(C)c1ccc(N=Nc2ccc(-c3cc(C(=O)O)c4cc([N+](=O)[O-])ccc4n3)cc2)cc1. The molecule has 0 aliphatic carbocycles. The van der Waals surface area contributed by atoms with Gasteiger partial charge < -0.3 is 10.0 Å². The van der Waals surface area contributed by atoms with Crippen LogP contribution in [-0.4, -0.2) is 35.1 Å². The lowest BCUT2D eigenvalue weighted by Gasteiger charge is -2.11. The average Bonchev–Trinajstić information content (AvgIpc) is 2.82. The van der Waals surface area contributed by atoms with Crippen LogP contribution in [0.2, 0.25) is 0 Å². The second kappa shape index (κ2) is 8.83. The first-order chi connectivity index (χ1) is 15.8. The molecule has 0 aliphatic rings. The summed E-state index contributed by atoms with van der Waals surface area (Å²) in [5.74, 6) is -1.19. The molecule has 0 fully saturated rings. The third-order valence-electron chi connectivity index (χ3n) is 5.04. The Hall–Kier alpha value is -4.66. The van der Waals surface area contributed by atoms with Crippen molar-refractivity contribution in [1.82, 2.24) is 4.98 Å². The lowest BCUT2D eigenvalue weighted by atomic mass is 10.0. The maximum absolute atomic E-state index is 11.8. The zero-order chi connectivity index (χ0) is 23.5. The topological polar surface area (TPSA) is 121 Å². The molecule has 4 rings (SSSR count). The normalized spacial score (nSPS) is 11.1. The fourth-order valence-electron chi connectivity index (χ4n) is 3.28. The van der Waals surface area contributed by atoms with Gasteiger partial charge in [-0.25, -0.2) is 9.78 Å². The van der Waals surface area contributed by atoms with E-state index in [2.05, 4.69) is 15.2 Å². The minimum atomic E-state index is -1.19. The maximum Gasteiger partial charge on any atom is 0.336 e. The summed E-state index contributed by atoms with van der Waals surface area (Å²) in [6, 6.07) is 20.1. The van der Waals surface area contributed by atoms with Crippen LogP contribution in [0.1, 0.15) is 10.4 Å². The van der Waals surface area contributed by atoms with Crippen molar-refractivity contribution in [3.8, 4) is 11.3 Å². The molecule has 0 amide bonds. The summed E-state index contributed by atoms with van der Waals surface area (Å²) in [5.41, 5.74) is 3.67. The van der Waals surface area contributed by atoms with Gasteiger partial charge in [-0.3, -0.25) is 10.1 Å². The molecule has 0 saturated carbocycles. The van der Waals surface area contributed by atoms with Gasteiger partial charge in [-0.2, -0.15) is 10.2 Å². The number of carboxylic acid groups (broad SMARTS) is 1. The number of nitro groups is 1. The number of benzene rings is 3. The highest BCUT2D eigenvalue weighted by molar-refractivity contribution is 6.04. The van der Waals surface area contributed by atoms with Crippen molar-refractivity contribution in [2.75, 3.05) is 19.0 Å². The van der Waals surface area contributed by atoms with Crippen LogP contribution in [0.5, 0.6) is 0 Å². The Bertz CT molecular complexity index is 1380. The fraction of sp³-hybridized carbons (Fsp3) is 0.0833. The van der Waals surface area contributed by atoms with Crippen molar-refractivity contribution in [2.45, 2.75) is 0 Å². The minimum Gasteiger partial charge on any atom is -0.478 e. The molecule has 1 heterocycles. The van der Waals surface area contributed by atoms with Crippen molar-refractivity contribution < 1.29 is 14.8 Å². The molecular formula is C24H19N5O4. The fourth-order valence-corrected chi connectivity index (χ4v) is 3.28. The lowest BCUT2D eigenvalue weighted by Crippen LogP contribution is -2.07. The Kier molecular flexibility index (Phi) is 5.77. The van der Waals surface area contributed by atoms with E-state index in [0.717, 1.165) is 11.4 Å². The second-order valence-electron chi connectivity index (χ2n) is 7.48. The zero-order valence-electron chi connectivity index (χ0n) is 17.8. The Morgan fingerprint density at radius 3 is 2.09 bits per heavy atom. The molecule has 0 aliphatic heterocycles. The highest BCUT2D eigenvalue weighted by Crippen LogP contribution is 2.29. The molecule has 9 heteroatoms. The smallest absolute Gasteiger partial charge is 0.336 e. The van der Waals surface area contributed by atoms with Gasteiger partial charge in [-0.05, 0) is 48.5 Å². The van der Waals surface area contributed by atoms with E-state index in [1.807, 2.05) is 43.3 Å². The molecule has 0 saturated heterocycles. The quantitative estimate of drug-likeness (QED) is 0.223. The number of aromatic nitrogens is 1. The van der Waals surface area contributed by atoms with E-state index in [-0.39, 0.29) is 16.6 Å². The monoisotopic (exact) mass is 441 g/mol. The van der Waals surface area contributed by atoms with Crippen LogP contribution < -0.4 is 4.90 Å². The third-order valence-corrected chi connectivity index (χ3v) is 5.04. The van der Waals surface area contributed by atoms with Crippen molar-refractivity contribution in [2.24, 2.45) is 10.2 Å². The van der Waals surface area contributed by atoms with Crippen LogP contribution >= 0.6 is 0 Å². The summed E-state index contributed by atoms with van der Waals surface area (Å²) >= 11 is 0. The van der Waals surface area contributed by atoms with Gasteiger partial charge in [-0.1, -0.05) is 12.1 Å². The van der Waals surface area contributed by atoms with Gasteiger partial charge in [0.2, 0.25) is 0 Å². The highest BCUT2D eigenvalue weighted by atomic mass is 16.6. The molecule has 0 unspecified atom stereocenters. The van der Waals surface area contributed by atoms with Gasteiger partial charge in [0.1, 0.15) is 0 Å². The maximum atomic E-state index is 11.8. The predicted molar refractivity (Wildman–Crippen MR) is 126 cm³/mol. The number of nitro benzene ring substituents is 1. The molecule has 1 aromatic heterocycles. The first-order valence-electron chi connectivity index (χ1n) is 9.94. The molecule has 1 N–H and O–H groups in total. The molecule has 0 spiro atoms. The molecule has 0 radical (unpaired) electrons. The van der Waals surface area contributed by atoms with Gasteiger partial charge in [-0.15, -0.1) is 0 Å². The van der Waals surface area contributed by atoms with E-state index in [0.29, 0.717) is 22.5 Å². The molecule has 4 aromatic rings. The van der Waals surface area contributed by atoms with Crippen LogP contribution in [0, 0.1) is 10.1 Å². The van der Waals surface area contributed by atoms with Crippen LogP contribution in [0.4, 0.5) is 22.7 Å². The number of anilines is 1. The van der Waals surface area contributed by atoms with Crippen molar-refractivity contribution in [3.63, 3.8) is 0 Å². The Balaban J connectivity index is 1.63. The molecule has 0 bridgehead atoms. The average molecular weight is 441 g/mol. The largest absolute Gasteiger partial charge is 0.478 e. The number of rotatable bonds is 6. The summed E-state index contributed by atoms with van der Waals surface area (Å²) in [5, 5.41) is 29.4. The van der Waals surface area contributed by atoms with Gasteiger partial charge >= 0.3 is 5.97 Å². The van der Waals surface area contributed by atoms with Crippen molar-refractivity contribution >= 4 is 39.6 Å². The summed E-state index contributed by atoms with van der Waals surface area (Å²) in [7, 11) is 3.93. The molecule has 33 heavy (non-hydrogen) atoms. The van der Waals surface area contributed by atoms with Crippen molar-refractivity contribution in [1.29, 1.82) is 0 Å². The van der Waals surface area contributed by atoms with E-state index in [4.69, 9.17) is 0 Å². The number of pyridine rings is 1.